The van der Waals surface area contributed by atoms with Crippen LogP contribution in [-0.4, -0.2) is 8.42 Å². The SMILES string of the molecule is NS(=O)(=O)c1ccc(OCc2cc(F)cc(F)c2)c(F)c1. The van der Waals surface area contributed by atoms with Gasteiger partial charge in [0, 0.05) is 6.07 Å². The Bertz CT molecular complexity index is 758. The Balaban J connectivity index is 2.17. The molecule has 0 heterocycles. The number of rotatable bonds is 4. The van der Waals surface area contributed by atoms with Crippen molar-refractivity contribution in [1.29, 1.82) is 0 Å². The third-order valence-corrected chi connectivity index (χ3v) is 3.46. The molecule has 21 heavy (non-hydrogen) atoms. The van der Waals surface area contributed by atoms with E-state index in [-0.39, 0.29) is 17.9 Å². The molecule has 0 aliphatic carbocycles. The van der Waals surface area contributed by atoms with E-state index in [1.165, 1.54) is 0 Å². The third-order valence-electron chi connectivity index (χ3n) is 2.55. The van der Waals surface area contributed by atoms with Gasteiger partial charge in [0.2, 0.25) is 10.0 Å². The van der Waals surface area contributed by atoms with Crippen LogP contribution in [-0.2, 0) is 16.6 Å². The predicted molar refractivity (Wildman–Crippen MR) is 68.5 cm³/mol. The molecule has 0 bridgehead atoms. The van der Waals surface area contributed by atoms with Crippen molar-refractivity contribution < 1.29 is 26.3 Å². The molecule has 2 aromatic carbocycles. The van der Waals surface area contributed by atoms with Gasteiger partial charge in [-0.25, -0.2) is 26.7 Å². The van der Waals surface area contributed by atoms with Crippen molar-refractivity contribution in [3.05, 3.63) is 59.4 Å². The van der Waals surface area contributed by atoms with Gasteiger partial charge >= 0.3 is 0 Å². The molecule has 2 aromatic rings. The number of nitrogens with two attached hydrogens (primary N) is 1. The summed E-state index contributed by atoms with van der Waals surface area (Å²) in [6.45, 7) is -0.277. The minimum atomic E-state index is -4.02. The summed E-state index contributed by atoms with van der Waals surface area (Å²) in [6, 6.07) is 5.63. The lowest BCUT2D eigenvalue weighted by molar-refractivity contribution is 0.288. The average Bonchev–Trinajstić information content (AvgIpc) is 2.35. The zero-order valence-corrected chi connectivity index (χ0v) is 11.3. The van der Waals surface area contributed by atoms with Crippen molar-refractivity contribution >= 4 is 10.0 Å². The van der Waals surface area contributed by atoms with E-state index in [1.807, 2.05) is 0 Å². The summed E-state index contributed by atoms with van der Waals surface area (Å²) in [5.41, 5.74) is 0.169. The molecule has 0 saturated carbocycles. The second-order valence-corrected chi connectivity index (χ2v) is 5.77. The molecule has 0 amide bonds. The fourth-order valence-electron chi connectivity index (χ4n) is 1.63. The lowest BCUT2D eigenvalue weighted by Gasteiger charge is -2.08. The molecule has 0 fully saturated rings. The topological polar surface area (TPSA) is 69.4 Å². The first-order valence-corrected chi connectivity index (χ1v) is 7.20. The maximum Gasteiger partial charge on any atom is 0.238 e. The Labute approximate surface area is 119 Å². The van der Waals surface area contributed by atoms with Crippen LogP contribution in [0.4, 0.5) is 13.2 Å². The molecule has 0 aliphatic rings. The van der Waals surface area contributed by atoms with Gasteiger partial charge in [-0.3, -0.25) is 0 Å². The van der Waals surface area contributed by atoms with Gasteiger partial charge in [0.1, 0.15) is 18.2 Å². The fourth-order valence-corrected chi connectivity index (χ4v) is 2.16. The number of sulfonamides is 1. The molecule has 112 valence electrons. The van der Waals surface area contributed by atoms with Gasteiger partial charge < -0.3 is 4.74 Å². The average molecular weight is 317 g/mol. The summed E-state index contributed by atoms with van der Waals surface area (Å²) in [5, 5.41) is 4.86. The van der Waals surface area contributed by atoms with Gasteiger partial charge in [-0.1, -0.05) is 0 Å². The summed E-state index contributed by atoms with van der Waals surface area (Å²) in [5.74, 6) is -2.76. The normalized spacial score (nSPS) is 11.4. The molecular formula is C13H10F3NO3S. The van der Waals surface area contributed by atoms with Crippen molar-refractivity contribution in [2.24, 2.45) is 5.14 Å². The lowest BCUT2D eigenvalue weighted by Crippen LogP contribution is -2.12. The molecule has 2 N–H and O–H groups in total. The standard InChI is InChI=1S/C13H10F3NO3S/c14-9-3-8(4-10(15)5-9)7-20-13-2-1-11(6-12(13)16)21(17,18)19/h1-6H,7H2,(H2,17,18,19). The highest BCUT2D eigenvalue weighted by molar-refractivity contribution is 7.89. The van der Waals surface area contributed by atoms with Gasteiger partial charge in [-0.05, 0) is 35.9 Å². The van der Waals surface area contributed by atoms with E-state index in [2.05, 4.69) is 0 Å². The highest BCUT2D eigenvalue weighted by Crippen LogP contribution is 2.21. The molecule has 0 radical (unpaired) electrons. The molecular weight excluding hydrogens is 307 g/mol. The van der Waals surface area contributed by atoms with Gasteiger partial charge in [0.05, 0.1) is 4.90 Å². The van der Waals surface area contributed by atoms with Gasteiger partial charge in [0.15, 0.2) is 11.6 Å². The van der Waals surface area contributed by atoms with E-state index >= 15 is 0 Å². The van der Waals surface area contributed by atoms with Crippen molar-refractivity contribution in [1.82, 2.24) is 0 Å². The van der Waals surface area contributed by atoms with E-state index in [9.17, 15) is 21.6 Å². The first-order valence-electron chi connectivity index (χ1n) is 5.66. The Morgan fingerprint density at radius 1 is 1.00 bits per heavy atom. The monoisotopic (exact) mass is 317 g/mol. The van der Waals surface area contributed by atoms with E-state index in [4.69, 9.17) is 9.88 Å². The van der Waals surface area contributed by atoms with Crippen molar-refractivity contribution in [2.75, 3.05) is 0 Å². The number of primary sulfonamides is 1. The second kappa shape index (κ2) is 5.74. The predicted octanol–water partition coefficient (Wildman–Crippen LogP) is 2.33. The minimum absolute atomic E-state index is 0.169. The van der Waals surface area contributed by atoms with Crippen LogP contribution < -0.4 is 9.88 Å². The molecule has 2 rings (SSSR count). The lowest BCUT2D eigenvalue weighted by atomic mass is 10.2. The molecule has 8 heteroatoms. The van der Waals surface area contributed by atoms with Crippen LogP contribution >= 0.6 is 0 Å². The first kappa shape index (κ1) is 15.3. The molecule has 4 nitrogen and oxygen atoms in total. The molecule has 0 saturated heterocycles. The summed E-state index contributed by atoms with van der Waals surface area (Å²) >= 11 is 0. The van der Waals surface area contributed by atoms with Gasteiger partial charge in [-0.15, -0.1) is 0 Å². The van der Waals surface area contributed by atoms with Crippen LogP contribution in [0.25, 0.3) is 0 Å². The van der Waals surface area contributed by atoms with Crippen LogP contribution in [0, 0.1) is 17.5 Å². The van der Waals surface area contributed by atoms with Crippen LogP contribution in [0.15, 0.2) is 41.3 Å². The smallest absolute Gasteiger partial charge is 0.238 e. The maximum atomic E-state index is 13.6. The van der Waals surface area contributed by atoms with Crippen LogP contribution in [0.2, 0.25) is 0 Å². The van der Waals surface area contributed by atoms with Gasteiger partial charge in [-0.2, -0.15) is 0 Å². The van der Waals surface area contributed by atoms with Crippen molar-refractivity contribution in [2.45, 2.75) is 11.5 Å². The van der Waals surface area contributed by atoms with E-state index < -0.39 is 32.4 Å². The molecule has 0 aromatic heterocycles. The van der Waals surface area contributed by atoms with E-state index in [0.717, 1.165) is 24.3 Å². The summed E-state index contributed by atoms with van der Waals surface area (Å²) < 4.78 is 66.7. The third kappa shape index (κ3) is 3.96. The molecule has 0 atom stereocenters. The zero-order valence-electron chi connectivity index (χ0n) is 10.5. The first-order chi connectivity index (χ1) is 9.75. The highest BCUT2D eigenvalue weighted by atomic mass is 32.2. The minimum Gasteiger partial charge on any atom is -0.486 e. The molecule has 0 unspecified atom stereocenters. The maximum absolute atomic E-state index is 13.6. The summed E-state index contributed by atoms with van der Waals surface area (Å²) in [7, 11) is -4.02. The number of hydrogen-bond acceptors (Lipinski definition) is 3. The Hall–Kier alpha value is -2.06. The number of halogens is 3. The number of benzene rings is 2. The second-order valence-electron chi connectivity index (χ2n) is 4.20. The number of hydrogen-bond donors (Lipinski definition) is 1. The largest absolute Gasteiger partial charge is 0.486 e. The van der Waals surface area contributed by atoms with E-state index in [1.54, 1.807) is 0 Å². The van der Waals surface area contributed by atoms with Gasteiger partial charge in [0.25, 0.3) is 0 Å². The Kier molecular flexibility index (Phi) is 4.19. The summed E-state index contributed by atoms with van der Waals surface area (Å²) in [6.07, 6.45) is 0. The Morgan fingerprint density at radius 3 is 2.14 bits per heavy atom. The molecule has 0 aliphatic heterocycles. The molecule has 0 spiro atoms. The van der Waals surface area contributed by atoms with Crippen molar-refractivity contribution in [3.8, 4) is 5.75 Å². The quantitative estimate of drug-likeness (QED) is 0.941. The summed E-state index contributed by atoms with van der Waals surface area (Å²) in [4.78, 5) is -0.399. The van der Waals surface area contributed by atoms with E-state index in [0.29, 0.717) is 12.1 Å². The fraction of sp³-hybridized carbons (Fsp3) is 0.0769. The zero-order chi connectivity index (χ0) is 15.6. The van der Waals surface area contributed by atoms with Crippen LogP contribution in [0.5, 0.6) is 5.75 Å². The number of ether oxygens (including phenoxy) is 1. The highest BCUT2D eigenvalue weighted by Gasteiger charge is 2.12. The van der Waals surface area contributed by atoms with Crippen LogP contribution in [0.3, 0.4) is 0 Å². The van der Waals surface area contributed by atoms with Crippen LogP contribution in [0.1, 0.15) is 5.56 Å². The van der Waals surface area contributed by atoms with Crippen molar-refractivity contribution in [3.63, 3.8) is 0 Å². The Morgan fingerprint density at radius 2 is 1.62 bits per heavy atom.